The molecule has 0 spiro atoms. The molecule has 0 N–H and O–H groups in total. The first-order valence-corrected chi connectivity index (χ1v) is 6.92. The molecule has 1 aromatic carbocycles. The second-order valence-electron chi connectivity index (χ2n) is 2.06. The van der Waals surface area contributed by atoms with E-state index in [0.717, 1.165) is 21.4 Å². The van der Waals surface area contributed by atoms with E-state index >= 15 is 0 Å². The summed E-state index contributed by atoms with van der Waals surface area (Å²) in [6, 6.07) is 5.73. The van der Waals surface area contributed by atoms with E-state index in [2.05, 4.69) is 0 Å². The number of hydrogen-bond donors (Lipinski definition) is 0. The minimum Gasteiger partial charge on any atom is -0.0827 e. The Balaban J connectivity index is 2.97. The van der Waals surface area contributed by atoms with E-state index < -0.39 is 0 Å². The molecule has 12 heavy (non-hydrogen) atoms. The molecule has 0 amide bonds. The highest BCUT2D eigenvalue weighted by Gasteiger charge is 2.04. The monoisotopic (exact) mass is 258 g/mol. The minimum atomic E-state index is 0.700. The molecular formula is C7H5Cl3S2. The topological polar surface area (TPSA) is 0 Å². The predicted octanol–water partition coefficient (Wildman–Crippen LogP) is 4.97. The van der Waals surface area contributed by atoms with Crippen molar-refractivity contribution in [2.45, 2.75) is 10.6 Å². The summed E-state index contributed by atoms with van der Waals surface area (Å²) in [5, 5.41) is 0.700. The van der Waals surface area contributed by atoms with E-state index in [4.69, 9.17) is 33.0 Å². The molecule has 0 fully saturated rings. The molecule has 0 heterocycles. The first kappa shape index (κ1) is 10.9. The lowest BCUT2D eigenvalue weighted by Crippen LogP contribution is -1.81. The van der Waals surface area contributed by atoms with Gasteiger partial charge in [-0.3, -0.25) is 0 Å². The zero-order chi connectivity index (χ0) is 8.97. The summed E-state index contributed by atoms with van der Waals surface area (Å²) in [6.45, 7) is 0. The van der Waals surface area contributed by atoms with Gasteiger partial charge in [-0.15, -0.1) is 0 Å². The highest BCUT2D eigenvalue weighted by Crippen LogP contribution is 2.34. The van der Waals surface area contributed by atoms with Crippen LogP contribution in [0.3, 0.4) is 0 Å². The minimum absolute atomic E-state index is 0.700. The quantitative estimate of drug-likeness (QED) is 0.751. The van der Waals surface area contributed by atoms with Crippen molar-refractivity contribution in [2.75, 3.05) is 0 Å². The van der Waals surface area contributed by atoms with Crippen LogP contribution in [0.15, 0.2) is 23.1 Å². The predicted molar refractivity (Wildman–Crippen MR) is 60.3 cm³/mol. The number of hydrogen-bond acceptors (Lipinski definition) is 2. The Morgan fingerprint density at radius 3 is 2.58 bits per heavy atom. The Hall–Kier alpha value is 0.790. The van der Waals surface area contributed by atoms with Crippen molar-refractivity contribution < 1.29 is 0 Å². The zero-order valence-electron chi connectivity index (χ0n) is 5.89. The van der Waals surface area contributed by atoms with Gasteiger partial charge >= 0.3 is 0 Å². The van der Waals surface area contributed by atoms with Crippen LogP contribution in [-0.2, 0) is 5.75 Å². The summed E-state index contributed by atoms with van der Waals surface area (Å²) in [5.74, 6) is 0.700. The zero-order valence-corrected chi connectivity index (χ0v) is 9.79. The van der Waals surface area contributed by atoms with Crippen LogP contribution in [0.25, 0.3) is 0 Å². The van der Waals surface area contributed by atoms with Crippen molar-refractivity contribution in [3.8, 4) is 0 Å². The van der Waals surface area contributed by atoms with Crippen LogP contribution in [0.5, 0.6) is 0 Å². The molecule has 0 saturated heterocycles. The Morgan fingerprint density at radius 2 is 2.00 bits per heavy atom. The van der Waals surface area contributed by atoms with Gasteiger partial charge in [0.05, 0.1) is 5.02 Å². The van der Waals surface area contributed by atoms with Crippen molar-refractivity contribution in [3.63, 3.8) is 0 Å². The molecule has 0 aliphatic rings. The van der Waals surface area contributed by atoms with Gasteiger partial charge in [0.15, 0.2) is 0 Å². The van der Waals surface area contributed by atoms with Crippen LogP contribution in [0.2, 0.25) is 5.02 Å². The van der Waals surface area contributed by atoms with Crippen molar-refractivity contribution in [2.24, 2.45) is 0 Å². The van der Waals surface area contributed by atoms with Crippen LogP contribution in [0, 0.1) is 0 Å². The summed E-state index contributed by atoms with van der Waals surface area (Å²) in [5.41, 5.74) is 1.02. The third kappa shape index (κ3) is 2.64. The molecule has 66 valence electrons. The van der Waals surface area contributed by atoms with E-state index in [1.54, 1.807) is 0 Å². The SMILES string of the molecule is ClSCc1cccc(SCl)c1Cl. The second-order valence-corrected chi connectivity index (χ2v) is 4.66. The van der Waals surface area contributed by atoms with Crippen molar-refractivity contribution in [3.05, 3.63) is 28.8 Å². The lowest BCUT2D eigenvalue weighted by molar-refractivity contribution is 1.34. The lowest BCUT2D eigenvalue weighted by Gasteiger charge is -2.03. The smallest absolute Gasteiger partial charge is 0.0594 e. The summed E-state index contributed by atoms with van der Waals surface area (Å²) in [7, 11) is 13.5. The molecule has 0 radical (unpaired) electrons. The maximum atomic E-state index is 6.01. The van der Waals surface area contributed by atoms with Crippen LogP contribution in [-0.4, -0.2) is 0 Å². The maximum Gasteiger partial charge on any atom is 0.0594 e. The maximum absolute atomic E-state index is 6.01. The second kappa shape index (κ2) is 5.51. The molecule has 0 aliphatic carbocycles. The largest absolute Gasteiger partial charge is 0.0827 e. The Morgan fingerprint density at radius 1 is 1.25 bits per heavy atom. The summed E-state index contributed by atoms with van der Waals surface area (Å²) in [6.07, 6.45) is 0. The number of benzene rings is 1. The van der Waals surface area contributed by atoms with E-state index in [-0.39, 0.29) is 0 Å². The first-order valence-electron chi connectivity index (χ1n) is 3.09. The van der Waals surface area contributed by atoms with Gasteiger partial charge < -0.3 is 0 Å². The van der Waals surface area contributed by atoms with Gasteiger partial charge in [0.25, 0.3) is 0 Å². The van der Waals surface area contributed by atoms with Crippen LogP contribution in [0.4, 0.5) is 0 Å². The van der Waals surface area contributed by atoms with Gasteiger partial charge in [0.1, 0.15) is 0 Å². The van der Waals surface area contributed by atoms with Crippen molar-refractivity contribution in [1.29, 1.82) is 0 Å². The average molecular weight is 260 g/mol. The third-order valence-electron chi connectivity index (χ3n) is 1.34. The molecule has 0 aromatic heterocycles. The fraction of sp³-hybridized carbons (Fsp3) is 0.143. The van der Waals surface area contributed by atoms with E-state index in [9.17, 15) is 0 Å². The van der Waals surface area contributed by atoms with Gasteiger partial charge in [-0.2, -0.15) is 0 Å². The molecule has 0 atom stereocenters. The molecule has 1 rings (SSSR count). The Labute approximate surface area is 94.0 Å². The fourth-order valence-corrected chi connectivity index (χ4v) is 2.72. The van der Waals surface area contributed by atoms with Gasteiger partial charge in [-0.1, -0.05) is 34.7 Å². The van der Waals surface area contributed by atoms with Gasteiger partial charge in [-0.05, 0) is 44.0 Å². The summed E-state index contributed by atoms with van der Waals surface area (Å²) >= 11 is 6.01. The highest BCUT2D eigenvalue weighted by molar-refractivity contribution is 8.21. The summed E-state index contributed by atoms with van der Waals surface area (Å²) < 4.78 is 0. The molecule has 0 nitrogen and oxygen atoms in total. The van der Waals surface area contributed by atoms with Gasteiger partial charge in [0.2, 0.25) is 0 Å². The molecule has 0 unspecified atom stereocenters. The highest BCUT2D eigenvalue weighted by atomic mass is 35.7. The third-order valence-corrected chi connectivity index (χ3v) is 3.65. The fourth-order valence-electron chi connectivity index (χ4n) is 0.786. The average Bonchev–Trinajstić information content (AvgIpc) is 2.09. The molecule has 5 heteroatoms. The normalized spacial score (nSPS) is 10.2. The first-order chi connectivity index (χ1) is 5.79. The molecule has 0 aliphatic heterocycles. The standard InChI is InChI=1S/C7H5Cl3S2/c8-7-5(4-11-9)2-1-3-6(7)12-10/h1-3H,4H2. The molecular weight excluding hydrogens is 255 g/mol. The van der Waals surface area contributed by atoms with E-state index in [1.165, 1.54) is 11.0 Å². The molecule has 0 saturated carbocycles. The van der Waals surface area contributed by atoms with Gasteiger partial charge in [0, 0.05) is 10.6 Å². The Kier molecular flexibility index (Phi) is 4.99. The number of halogens is 3. The van der Waals surface area contributed by atoms with Crippen LogP contribution >= 0.6 is 54.9 Å². The number of rotatable bonds is 3. The van der Waals surface area contributed by atoms with E-state index in [1.807, 2.05) is 18.2 Å². The summed E-state index contributed by atoms with van der Waals surface area (Å²) in [4.78, 5) is 0.876. The van der Waals surface area contributed by atoms with Crippen LogP contribution < -0.4 is 0 Å². The lowest BCUT2D eigenvalue weighted by atomic mass is 10.2. The molecule has 0 bridgehead atoms. The molecule has 1 aromatic rings. The van der Waals surface area contributed by atoms with Crippen LogP contribution in [0.1, 0.15) is 5.56 Å². The Bertz CT molecular complexity index is 265. The van der Waals surface area contributed by atoms with Crippen molar-refractivity contribution in [1.82, 2.24) is 0 Å². The van der Waals surface area contributed by atoms with E-state index in [0.29, 0.717) is 10.8 Å². The van der Waals surface area contributed by atoms with Gasteiger partial charge in [-0.25, -0.2) is 0 Å². The van der Waals surface area contributed by atoms with Crippen molar-refractivity contribution >= 4 is 54.9 Å².